The van der Waals surface area contributed by atoms with Gasteiger partial charge in [0.25, 0.3) is 0 Å². The first kappa shape index (κ1) is 22.7. The van der Waals surface area contributed by atoms with E-state index >= 15 is 0 Å². The molecule has 0 aliphatic carbocycles. The van der Waals surface area contributed by atoms with Gasteiger partial charge in [0.15, 0.2) is 0 Å². The van der Waals surface area contributed by atoms with Gasteiger partial charge in [-0.25, -0.2) is 15.0 Å². The lowest BCUT2D eigenvalue weighted by Gasteiger charge is -2.28. The average molecular weight is 587 g/mol. The number of carbonyl (C=O) groups excluding carboxylic acids is 2. The van der Waals surface area contributed by atoms with E-state index < -0.39 is 6.04 Å². The van der Waals surface area contributed by atoms with Crippen molar-refractivity contribution in [3.05, 3.63) is 51.8 Å². The molecule has 1 aromatic carbocycles. The van der Waals surface area contributed by atoms with Crippen molar-refractivity contribution in [3.8, 4) is 0 Å². The van der Waals surface area contributed by atoms with E-state index in [9.17, 15) is 9.59 Å². The zero-order valence-corrected chi connectivity index (χ0v) is 21.4. The second kappa shape index (κ2) is 8.95. The fraction of sp³-hybridized carbons (Fsp3) is 0.261. The first-order valence-electron chi connectivity index (χ1n) is 10.8. The molecule has 0 bridgehead atoms. The van der Waals surface area contributed by atoms with Crippen LogP contribution in [-0.4, -0.2) is 48.3 Å². The van der Waals surface area contributed by atoms with Crippen molar-refractivity contribution >= 4 is 77.2 Å². The molecular weight excluding hydrogens is 566 g/mol. The van der Waals surface area contributed by atoms with Crippen molar-refractivity contribution in [1.82, 2.24) is 24.4 Å². The van der Waals surface area contributed by atoms with E-state index in [1.807, 2.05) is 29.7 Å². The lowest BCUT2D eigenvalue weighted by Crippen LogP contribution is -2.47. The van der Waals surface area contributed by atoms with Crippen LogP contribution in [0.1, 0.15) is 19.8 Å². The molecule has 11 heteroatoms. The molecule has 4 aromatic rings. The van der Waals surface area contributed by atoms with E-state index in [1.54, 1.807) is 23.1 Å². The van der Waals surface area contributed by atoms with Crippen molar-refractivity contribution in [2.24, 2.45) is 0 Å². The van der Waals surface area contributed by atoms with Gasteiger partial charge in [-0.3, -0.25) is 9.59 Å². The van der Waals surface area contributed by atoms with Crippen molar-refractivity contribution in [2.75, 3.05) is 11.1 Å². The molecule has 0 spiro atoms. The standard InChI is InChI=1S/C23H21Br2N7O2/c1-12-8-9-15(23(34)30-17-7-3-6-16(25)29-17)32(12)18(33)10-31-20-13(4-2-5-14(20)24)19-21(26)27-11-28-22(19)31/h2-7,11-12,15H,8-10H2,1H3,(H2,26,27,28)(H,29,30,34)/t12-,15+/m1/s1. The number of fused-ring (bicyclic) bond motifs is 3. The second-order valence-electron chi connectivity index (χ2n) is 8.26. The smallest absolute Gasteiger partial charge is 0.248 e. The van der Waals surface area contributed by atoms with Gasteiger partial charge in [-0.15, -0.1) is 0 Å². The number of nitrogens with one attached hydrogen (secondary N) is 1. The lowest BCUT2D eigenvalue weighted by molar-refractivity contribution is -0.138. The number of nitrogens with zero attached hydrogens (tertiary/aromatic N) is 5. The minimum absolute atomic E-state index is 0.0162. The summed E-state index contributed by atoms with van der Waals surface area (Å²) in [6.45, 7) is 1.98. The number of hydrogen-bond donors (Lipinski definition) is 2. The molecule has 0 unspecified atom stereocenters. The average Bonchev–Trinajstić information content (AvgIpc) is 3.34. The van der Waals surface area contributed by atoms with E-state index in [0.29, 0.717) is 33.7 Å². The number of nitrogen functional groups attached to an aromatic ring is 1. The SMILES string of the molecule is C[C@@H]1CC[C@@H](C(=O)Nc2cccc(Br)n2)N1C(=O)Cn1c2ncnc(N)c2c2cccc(Br)c21. The highest BCUT2D eigenvalue weighted by Gasteiger charge is 2.39. The van der Waals surface area contributed by atoms with E-state index in [0.717, 1.165) is 21.8 Å². The van der Waals surface area contributed by atoms with E-state index in [4.69, 9.17) is 5.73 Å². The molecule has 1 aliphatic rings. The van der Waals surface area contributed by atoms with Crippen LogP contribution < -0.4 is 11.1 Å². The highest BCUT2D eigenvalue weighted by Crippen LogP contribution is 2.35. The zero-order chi connectivity index (χ0) is 24.0. The predicted octanol–water partition coefficient (Wildman–Crippen LogP) is 4.10. The number of hydrogen-bond acceptors (Lipinski definition) is 6. The number of aromatic nitrogens is 4. The highest BCUT2D eigenvalue weighted by atomic mass is 79.9. The summed E-state index contributed by atoms with van der Waals surface area (Å²) >= 11 is 6.91. The summed E-state index contributed by atoms with van der Waals surface area (Å²) < 4.78 is 3.28. The van der Waals surface area contributed by atoms with Crippen LogP contribution in [-0.2, 0) is 16.1 Å². The Balaban J connectivity index is 1.48. The van der Waals surface area contributed by atoms with E-state index in [1.165, 1.54) is 6.33 Å². The van der Waals surface area contributed by atoms with Crippen molar-refractivity contribution in [2.45, 2.75) is 38.4 Å². The normalized spacial score (nSPS) is 18.0. The fourth-order valence-electron chi connectivity index (χ4n) is 4.67. The molecular formula is C23H21Br2N7O2. The zero-order valence-electron chi connectivity index (χ0n) is 18.2. The van der Waals surface area contributed by atoms with Crippen LogP contribution in [0.15, 0.2) is 51.8 Å². The first-order chi connectivity index (χ1) is 16.3. The highest BCUT2D eigenvalue weighted by molar-refractivity contribution is 9.10. The number of amides is 2. The summed E-state index contributed by atoms with van der Waals surface area (Å²) in [4.78, 5) is 41.2. The number of para-hydroxylation sites is 1. The largest absolute Gasteiger partial charge is 0.383 e. The van der Waals surface area contributed by atoms with Gasteiger partial charge >= 0.3 is 0 Å². The summed E-state index contributed by atoms with van der Waals surface area (Å²) in [6.07, 6.45) is 2.71. The van der Waals surface area contributed by atoms with Gasteiger partial charge in [0.1, 0.15) is 40.8 Å². The lowest BCUT2D eigenvalue weighted by atomic mass is 10.2. The number of pyridine rings is 1. The summed E-state index contributed by atoms with van der Waals surface area (Å²) in [5.74, 6) is 0.370. The number of halogens is 2. The Labute approximate surface area is 212 Å². The molecule has 1 saturated heterocycles. The fourth-order valence-corrected chi connectivity index (χ4v) is 5.59. The molecule has 2 amide bonds. The van der Waals surface area contributed by atoms with Gasteiger partial charge in [0.05, 0.1) is 10.9 Å². The monoisotopic (exact) mass is 585 g/mol. The maximum Gasteiger partial charge on any atom is 0.248 e. The number of carbonyl (C=O) groups is 2. The number of nitrogens with two attached hydrogens (primary N) is 1. The van der Waals surface area contributed by atoms with Crippen LogP contribution in [0.25, 0.3) is 21.9 Å². The molecule has 3 N–H and O–H groups in total. The molecule has 4 heterocycles. The van der Waals surface area contributed by atoms with Crippen LogP contribution in [0.4, 0.5) is 11.6 Å². The minimum atomic E-state index is -0.584. The van der Waals surface area contributed by atoms with Gasteiger partial charge in [-0.2, -0.15) is 0 Å². The maximum absolute atomic E-state index is 13.6. The van der Waals surface area contributed by atoms with Crippen LogP contribution in [0, 0.1) is 0 Å². The van der Waals surface area contributed by atoms with Gasteiger partial charge in [0.2, 0.25) is 11.8 Å². The Hall–Kier alpha value is -3.05. The van der Waals surface area contributed by atoms with Crippen LogP contribution in [0.5, 0.6) is 0 Å². The molecule has 2 atom stereocenters. The van der Waals surface area contributed by atoms with Gasteiger partial charge in [-0.05, 0) is 69.8 Å². The summed E-state index contributed by atoms with van der Waals surface area (Å²) in [5.41, 5.74) is 7.56. The van der Waals surface area contributed by atoms with Gasteiger partial charge in [-0.1, -0.05) is 18.2 Å². The molecule has 1 aliphatic heterocycles. The molecule has 3 aromatic heterocycles. The van der Waals surface area contributed by atoms with Crippen molar-refractivity contribution in [1.29, 1.82) is 0 Å². The Kier molecular flexibility index (Phi) is 5.98. The molecule has 1 fully saturated rings. The quantitative estimate of drug-likeness (QED) is 0.347. The summed E-state index contributed by atoms with van der Waals surface area (Å²) in [5, 5.41) is 4.41. The van der Waals surface area contributed by atoms with E-state index in [-0.39, 0.29) is 24.4 Å². The van der Waals surface area contributed by atoms with Crippen molar-refractivity contribution in [3.63, 3.8) is 0 Å². The Bertz CT molecular complexity index is 1440. The number of anilines is 2. The third kappa shape index (κ3) is 3.92. The molecule has 9 nitrogen and oxygen atoms in total. The summed E-state index contributed by atoms with van der Waals surface area (Å²) in [7, 11) is 0. The molecule has 5 rings (SSSR count). The Morgan fingerprint density at radius 1 is 1.15 bits per heavy atom. The maximum atomic E-state index is 13.6. The van der Waals surface area contributed by atoms with Gasteiger partial charge < -0.3 is 20.5 Å². The van der Waals surface area contributed by atoms with Crippen LogP contribution >= 0.6 is 31.9 Å². The second-order valence-corrected chi connectivity index (χ2v) is 9.92. The third-order valence-electron chi connectivity index (χ3n) is 6.16. The molecule has 174 valence electrons. The van der Waals surface area contributed by atoms with Crippen molar-refractivity contribution < 1.29 is 9.59 Å². The first-order valence-corrected chi connectivity index (χ1v) is 12.3. The number of likely N-dealkylation sites (tertiary alicyclic amines) is 1. The van der Waals surface area contributed by atoms with Gasteiger partial charge in [0, 0.05) is 15.9 Å². The third-order valence-corrected chi connectivity index (χ3v) is 7.24. The Morgan fingerprint density at radius 2 is 1.94 bits per heavy atom. The van der Waals surface area contributed by atoms with Crippen LogP contribution in [0.2, 0.25) is 0 Å². The summed E-state index contributed by atoms with van der Waals surface area (Å²) in [6, 6.07) is 10.4. The molecule has 0 saturated carbocycles. The Morgan fingerprint density at radius 3 is 2.74 bits per heavy atom. The predicted molar refractivity (Wildman–Crippen MR) is 137 cm³/mol. The van der Waals surface area contributed by atoms with E-state index in [2.05, 4.69) is 52.1 Å². The molecule has 0 radical (unpaired) electrons. The topological polar surface area (TPSA) is 119 Å². The minimum Gasteiger partial charge on any atom is -0.383 e. The molecule has 34 heavy (non-hydrogen) atoms. The van der Waals surface area contributed by atoms with Crippen LogP contribution in [0.3, 0.4) is 0 Å². The number of rotatable bonds is 4. The number of benzene rings is 1.